The van der Waals surface area contributed by atoms with Crippen LogP contribution in [0.1, 0.15) is 69.8 Å². The summed E-state index contributed by atoms with van der Waals surface area (Å²) in [7, 11) is 0. The molecular weight excluding hydrogens is 362 g/mol. The van der Waals surface area contributed by atoms with Crippen molar-refractivity contribution in [2.24, 2.45) is 0 Å². The lowest BCUT2D eigenvalue weighted by atomic mass is 9.78. The van der Waals surface area contributed by atoms with Gasteiger partial charge in [0.05, 0.1) is 12.6 Å². The highest BCUT2D eigenvalue weighted by Gasteiger charge is 2.26. The van der Waals surface area contributed by atoms with E-state index in [0.717, 1.165) is 22.3 Å². The number of aliphatic hydroxyl groups is 1. The van der Waals surface area contributed by atoms with E-state index in [1.54, 1.807) is 6.08 Å². The highest BCUT2D eigenvalue weighted by Crippen LogP contribution is 2.40. The summed E-state index contributed by atoms with van der Waals surface area (Å²) in [5, 5.41) is 23.3. The molecule has 2 aromatic rings. The van der Waals surface area contributed by atoms with Crippen LogP contribution in [-0.4, -0.2) is 22.7 Å². The van der Waals surface area contributed by atoms with Crippen LogP contribution in [0.3, 0.4) is 0 Å². The fraction of sp³-hybridized carbons (Fsp3) is 0.400. The molecule has 0 fully saturated rings. The maximum atomic E-state index is 12.4. The van der Waals surface area contributed by atoms with Crippen LogP contribution in [0.4, 0.5) is 0 Å². The average Bonchev–Trinajstić information content (AvgIpc) is 2.64. The number of benzene rings is 2. The van der Waals surface area contributed by atoms with Gasteiger partial charge in [0.2, 0.25) is 5.91 Å². The molecule has 29 heavy (non-hydrogen) atoms. The minimum atomic E-state index is -0.455. The zero-order valence-electron chi connectivity index (χ0n) is 18.3. The van der Waals surface area contributed by atoms with Crippen LogP contribution in [0.2, 0.25) is 0 Å². The molecule has 4 nitrogen and oxygen atoms in total. The van der Waals surface area contributed by atoms with Gasteiger partial charge in [0.1, 0.15) is 5.75 Å². The molecule has 0 aliphatic carbocycles. The molecule has 2 rings (SSSR count). The molecule has 1 amide bonds. The number of carbonyl (C=O) groups is 1. The van der Waals surface area contributed by atoms with Crippen LogP contribution in [0, 0.1) is 0 Å². The van der Waals surface area contributed by atoms with Crippen LogP contribution < -0.4 is 5.32 Å². The second kappa shape index (κ2) is 8.83. The van der Waals surface area contributed by atoms with Gasteiger partial charge in [-0.2, -0.15) is 0 Å². The predicted molar refractivity (Wildman–Crippen MR) is 119 cm³/mol. The Bertz CT molecular complexity index is 836. The largest absolute Gasteiger partial charge is 0.507 e. The van der Waals surface area contributed by atoms with E-state index >= 15 is 0 Å². The summed E-state index contributed by atoms with van der Waals surface area (Å²) in [6.45, 7) is 12.2. The van der Waals surface area contributed by atoms with Crippen LogP contribution >= 0.6 is 0 Å². The van der Waals surface area contributed by atoms with E-state index in [0.29, 0.717) is 5.75 Å². The van der Waals surface area contributed by atoms with Crippen LogP contribution in [-0.2, 0) is 15.6 Å². The second-order valence-electron chi connectivity index (χ2n) is 9.45. The Morgan fingerprint density at radius 1 is 1.00 bits per heavy atom. The average molecular weight is 396 g/mol. The van der Waals surface area contributed by atoms with Gasteiger partial charge in [0.25, 0.3) is 0 Å². The summed E-state index contributed by atoms with van der Waals surface area (Å²) in [6.07, 6.45) is 3.22. The summed E-state index contributed by atoms with van der Waals surface area (Å²) < 4.78 is 0. The lowest BCUT2D eigenvalue weighted by molar-refractivity contribution is -0.117. The zero-order chi connectivity index (χ0) is 21.8. The van der Waals surface area contributed by atoms with Crippen molar-refractivity contribution < 1.29 is 15.0 Å². The fourth-order valence-corrected chi connectivity index (χ4v) is 3.21. The van der Waals surface area contributed by atoms with Crippen LogP contribution in [0.25, 0.3) is 6.08 Å². The molecular formula is C25H33NO3. The van der Waals surface area contributed by atoms with Crippen molar-refractivity contribution in [3.05, 3.63) is 70.8 Å². The number of hydrogen-bond donors (Lipinski definition) is 3. The molecule has 156 valence electrons. The first kappa shape index (κ1) is 22.7. The molecule has 1 unspecified atom stereocenters. The minimum absolute atomic E-state index is 0.175. The summed E-state index contributed by atoms with van der Waals surface area (Å²) in [6, 6.07) is 12.8. The van der Waals surface area contributed by atoms with E-state index in [9.17, 15) is 15.0 Å². The van der Waals surface area contributed by atoms with E-state index < -0.39 is 6.04 Å². The third kappa shape index (κ3) is 5.94. The summed E-state index contributed by atoms with van der Waals surface area (Å²) in [5.41, 5.74) is 2.95. The highest BCUT2D eigenvalue weighted by molar-refractivity contribution is 5.92. The normalized spacial score (nSPS) is 13.5. The number of nitrogens with one attached hydrogen (secondary N) is 1. The number of hydrogen-bond acceptors (Lipinski definition) is 3. The van der Waals surface area contributed by atoms with Gasteiger partial charge in [-0.25, -0.2) is 0 Å². The molecule has 3 N–H and O–H groups in total. The Morgan fingerprint density at radius 2 is 1.52 bits per heavy atom. The van der Waals surface area contributed by atoms with E-state index in [4.69, 9.17) is 0 Å². The predicted octanol–water partition coefficient (Wildman–Crippen LogP) is 4.85. The van der Waals surface area contributed by atoms with Gasteiger partial charge in [-0.3, -0.25) is 4.79 Å². The van der Waals surface area contributed by atoms with Gasteiger partial charge in [-0.1, -0.05) is 71.9 Å². The highest BCUT2D eigenvalue weighted by atomic mass is 16.3. The number of amides is 1. The summed E-state index contributed by atoms with van der Waals surface area (Å²) in [4.78, 5) is 12.4. The zero-order valence-corrected chi connectivity index (χ0v) is 18.3. The first-order valence-corrected chi connectivity index (χ1v) is 9.96. The van der Waals surface area contributed by atoms with Gasteiger partial charge in [0, 0.05) is 17.2 Å². The molecule has 0 aliphatic rings. The molecule has 0 spiro atoms. The number of aromatic hydroxyl groups is 1. The van der Waals surface area contributed by atoms with Gasteiger partial charge >= 0.3 is 0 Å². The summed E-state index contributed by atoms with van der Waals surface area (Å²) in [5.74, 6) is 0.0339. The number of phenolic OH excluding ortho intramolecular Hbond substituents is 1. The van der Waals surface area contributed by atoms with Crippen molar-refractivity contribution in [2.75, 3.05) is 6.61 Å². The number of rotatable bonds is 5. The Balaban J connectivity index is 2.30. The number of phenols is 1. The van der Waals surface area contributed by atoms with E-state index in [-0.39, 0.29) is 23.3 Å². The van der Waals surface area contributed by atoms with Gasteiger partial charge < -0.3 is 15.5 Å². The summed E-state index contributed by atoms with van der Waals surface area (Å²) >= 11 is 0. The topological polar surface area (TPSA) is 69.6 Å². The quantitative estimate of drug-likeness (QED) is 0.634. The van der Waals surface area contributed by atoms with E-state index in [1.165, 1.54) is 6.08 Å². The Hall–Kier alpha value is -2.59. The lowest BCUT2D eigenvalue weighted by Gasteiger charge is -2.27. The smallest absolute Gasteiger partial charge is 0.244 e. The maximum absolute atomic E-state index is 12.4. The molecule has 4 heteroatoms. The third-order valence-electron chi connectivity index (χ3n) is 4.88. The van der Waals surface area contributed by atoms with Gasteiger partial charge in [-0.05, 0) is 40.2 Å². The molecule has 0 radical (unpaired) electrons. The number of aliphatic hydroxyl groups excluding tert-OH is 1. The van der Waals surface area contributed by atoms with Crippen LogP contribution in [0.15, 0.2) is 48.5 Å². The molecule has 0 aromatic heterocycles. The second-order valence-corrected chi connectivity index (χ2v) is 9.45. The molecule has 0 saturated heterocycles. The lowest BCUT2D eigenvalue weighted by Crippen LogP contribution is -2.29. The number of carbonyl (C=O) groups excluding carboxylic acids is 1. The van der Waals surface area contributed by atoms with Crippen molar-refractivity contribution in [3.63, 3.8) is 0 Å². The first-order chi connectivity index (χ1) is 13.4. The molecule has 0 aliphatic heterocycles. The molecule has 0 bridgehead atoms. The van der Waals surface area contributed by atoms with Crippen molar-refractivity contribution in [1.82, 2.24) is 5.32 Å². The molecule has 0 heterocycles. The molecule has 2 aromatic carbocycles. The SMILES string of the molecule is CC(C)(C)c1cc(/C=C/C(=O)NC(CO)c2ccccc2)cc(C(C)(C)C)c1O. The monoisotopic (exact) mass is 395 g/mol. The molecule has 1 atom stereocenters. The van der Waals surface area contributed by atoms with E-state index in [2.05, 4.69) is 46.9 Å². The minimum Gasteiger partial charge on any atom is -0.507 e. The van der Waals surface area contributed by atoms with Gasteiger partial charge in [-0.15, -0.1) is 0 Å². The Labute approximate surface area is 174 Å². The van der Waals surface area contributed by atoms with E-state index in [1.807, 2.05) is 42.5 Å². The van der Waals surface area contributed by atoms with Gasteiger partial charge in [0.15, 0.2) is 0 Å². The third-order valence-corrected chi connectivity index (χ3v) is 4.88. The van der Waals surface area contributed by atoms with Crippen molar-refractivity contribution in [2.45, 2.75) is 58.4 Å². The van der Waals surface area contributed by atoms with Crippen molar-refractivity contribution >= 4 is 12.0 Å². The fourth-order valence-electron chi connectivity index (χ4n) is 3.21. The Morgan fingerprint density at radius 3 is 1.97 bits per heavy atom. The maximum Gasteiger partial charge on any atom is 0.244 e. The standard InChI is InChI=1S/C25H33NO3/c1-24(2,3)19-14-17(15-20(23(19)29)25(4,5)6)12-13-22(28)26-21(16-27)18-10-8-7-9-11-18/h7-15,21,27,29H,16H2,1-6H3,(H,26,28)/b13-12+. The van der Waals surface area contributed by atoms with Crippen molar-refractivity contribution in [3.8, 4) is 5.75 Å². The van der Waals surface area contributed by atoms with Crippen molar-refractivity contribution in [1.29, 1.82) is 0 Å². The first-order valence-electron chi connectivity index (χ1n) is 9.96. The van der Waals surface area contributed by atoms with Crippen LogP contribution in [0.5, 0.6) is 5.75 Å². The Kier molecular flexibility index (Phi) is 6.91. The molecule has 0 saturated carbocycles.